The minimum absolute atomic E-state index is 0.0358. The molecule has 0 amide bonds. The quantitative estimate of drug-likeness (QED) is 0.657. The Labute approximate surface area is 142 Å². The summed E-state index contributed by atoms with van der Waals surface area (Å²) in [6.07, 6.45) is 0.666. The molecule has 6 heteroatoms. The predicted octanol–water partition coefficient (Wildman–Crippen LogP) is 6.26. The fourth-order valence-corrected chi connectivity index (χ4v) is 4.19. The Hall–Kier alpha value is 0.0400. The molecule has 108 valence electrons. The lowest BCUT2D eigenvalue weighted by Crippen LogP contribution is -2.23. The summed E-state index contributed by atoms with van der Waals surface area (Å²) in [4.78, 5) is 0. The van der Waals surface area contributed by atoms with Gasteiger partial charge in [0.1, 0.15) is 0 Å². The van der Waals surface area contributed by atoms with Gasteiger partial charge in [0.15, 0.2) is 0 Å². The van der Waals surface area contributed by atoms with Gasteiger partial charge < -0.3 is 5.32 Å². The van der Waals surface area contributed by atoms with Gasteiger partial charge in [0.05, 0.1) is 8.67 Å². The number of thiophene rings is 1. The molecule has 0 fully saturated rings. The van der Waals surface area contributed by atoms with Crippen molar-refractivity contribution in [1.82, 2.24) is 5.32 Å². The van der Waals surface area contributed by atoms with Crippen molar-refractivity contribution < 1.29 is 0 Å². The van der Waals surface area contributed by atoms with Gasteiger partial charge in [0, 0.05) is 21.7 Å². The zero-order valence-corrected chi connectivity index (χ0v) is 14.6. The number of benzene rings is 1. The Morgan fingerprint density at radius 1 is 1.15 bits per heavy atom. The molecule has 1 aromatic carbocycles. The molecule has 0 bridgehead atoms. The standard InChI is InChI=1S/C14H13Cl4NS/c1-2-19-12(9-7-13(17)20-14(9)18)6-8-10(15)4-3-5-11(8)16/h3-5,7,12,19H,2,6H2,1H3. The number of hydrogen-bond donors (Lipinski definition) is 1. The molecule has 0 aliphatic heterocycles. The number of nitrogens with one attached hydrogen (secondary N) is 1. The van der Waals surface area contributed by atoms with E-state index in [2.05, 4.69) is 5.32 Å². The summed E-state index contributed by atoms with van der Waals surface area (Å²) < 4.78 is 1.38. The van der Waals surface area contributed by atoms with E-state index in [-0.39, 0.29) is 6.04 Å². The predicted molar refractivity (Wildman–Crippen MR) is 90.9 cm³/mol. The Balaban J connectivity index is 2.33. The van der Waals surface area contributed by atoms with Crippen molar-refractivity contribution in [3.05, 3.63) is 54.1 Å². The summed E-state index contributed by atoms with van der Waals surface area (Å²) in [6.45, 7) is 2.86. The summed E-state index contributed by atoms with van der Waals surface area (Å²) in [7, 11) is 0. The van der Waals surface area contributed by atoms with E-state index in [1.807, 2.05) is 31.2 Å². The van der Waals surface area contributed by atoms with Crippen LogP contribution in [0.4, 0.5) is 0 Å². The summed E-state index contributed by atoms with van der Waals surface area (Å²) in [5, 5.41) is 4.73. The molecule has 1 N–H and O–H groups in total. The smallest absolute Gasteiger partial charge is 0.0992 e. The van der Waals surface area contributed by atoms with E-state index in [0.717, 1.165) is 17.7 Å². The maximum Gasteiger partial charge on any atom is 0.0992 e. The third-order valence-electron chi connectivity index (χ3n) is 2.98. The first kappa shape index (κ1) is 16.4. The third-order valence-corrected chi connectivity index (χ3v) is 5.21. The molecule has 20 heavy (non-hydrogen) atoms. The minimum atomic E-state index is 0.0358. The van der Waals surface area contributed by atoms with Crippen molar-refractivity contribution in [3.63, 3.8) is 0 Å². The van der Waals surface area contributed by atoms with Gasteiger partial charge in [-0.15, -0.1) is 11.3 Å². The van der Waals surface area contributed by atoms with Gasteiger partial charge in [-0.2, -0.15) is 0 Å². The number of halogens is 4. The first-order chi connectivity index (χ1) is 9.52. The molecule has 1 unspecified atom stereocenters. The Kier molecular flexibility index (Phi) is 6.03. The van der Waals surface area contributed by atoms with Crippen LogP contribution in [0.3, 0.4) is 0 Å². The molecule has 2 rings (SSSR count). The molecule has 1 heterocycles. The number of hydrogen-bond acceptors (Lipinski definition) is 2. The van der Waals surface area contributed by atoms with E-state index >= 15 is 0 Å². The van der Waals surface area contributed by atoms with Gasteiger partial charge in [0.2, 0.25) is 0 Å². The minimum Gasteiger partial charge on any atom is -0.310 e. The highest BCUT2D eigenvalue weighted by molar-refractivity contribution is 7.20. The van der Waals surface area contributed by atoms with E-state index in [4.69, 9.17) is 46.4 Å². The van der Waals surface area contributed by atoms with Crippen LogP contribution >= 0.6 is 57.7 Å². The van der Waals surface area contributed by atoms with Crippen molar-refractivity contribution >= 4 is 57.7 Å². The lowest BCUT2D eigenvalue weighted by Gasteiger charge is -2.19. The second-order valence-corrected chi connectivity index (χ2v) is 7.39. The fourth-order valence-electron chi connectivity index (χ4n) is 2.06. The molecule has 0 aliphatic rings. The van der Waals surface area contributed by atoms with Crippen molar-refractivity contribution in [1.29, 1.82) is 0 Å². The van der Waals surface area contributed by atoms with E-state index in [0.29, 0.717) is 25.1 Å². The SMILES string of the molecule is CCNC(Cc1c(Cl)cccc1Cl)c1cc(Cl)sc1Cl. The van der Waals surface area contributed by atoms with Crippen LogP contribution in [0.2, 0.25) is 18.7 Å². The molecule has 0 aliphatic carbocycles. The van der Waals surface area contributed by atoms with Gasteiger partial charge >= 0.3 is 0 Å². The largest absolute Gasteiger partial charge is 0.310 e. The van der Waals surface area contributed by atoms with Crippen LogP contribution in [0.5, 0.6) is 0 Å². The molecule has 2 aromatic rings. The third kappa shape index (κ3) is 3.82. The average molecular weight is 369 g/mol. The first-order valence-electron chi connectivity index (χ1n) is 6.14. The number of rotatable bonds is 5. The number of likely N-dealkylation sites (N-methyl/N-ethyl adjacent to an activating group) is 1. The van der Waals surface area contributed by atoms with Crippen LogP contribution in [-0.4, -0.2) is 6.54 Å². The maximum atomic E-state index is 6.25. The topological polar surface area (TPSA) is 12.0 Å². The van der Waals surface area contributed by atoms with Crippen LogP contribution in [0.15, 0.2) is 24.3 Å². The lowest BCUT2D eigenvalue weighted by atomic mass is 10.0. The molecule has 1 aromatic heterocycles. The summed E-state index contributed by atoms with van der Waals surface area (Å²) >= 11 is 26.1. The zero-order valence-electron chi connectivity index (χ0n) is 10.7. The molecule has 0 saturated heterocycles. The van der Waals surface area contributed by atoms with Crippen LogP contribution in [0.25, 0.3) is 0 Å². The monoisotopic (exact) mass is 367 g/mol. The van der Waals surface area contributed by atoms with Crippen LogP contribution in [-0.2, 0) is 6.42 Å². The van der Waals surface area contributed by atoms with Crippen molar-refractivity contribution in [2.24, 2.45) is 0 Å². The second kappa shape index (κ2) is 7.35. The second-order valence-electron chi connectivity index (χ2n) is 4.29. The molecular weight excluding hydrogens is 356 g/mol. The maximum absolute atomic E-state index is 6.25. The Morgan fingerprint density at radius 3 is 2.30 bits per heavy atom. The van der Waals surface area contributed by atoms with Crippen molar-refractivity contribution in [3.8, 4) is 0 Å². The molecule has 0 radical (unpaired) electrons. The highest BCUT2D eigenvalue weighted by Crippen LogP contribution is 2.37. The molecule has 0 saturated carbocycles. The van der Waals surface area contributed by atoms with Crippen molar-refractivity contribution in [2.75, 3.05) is 6.54 Å². The average Bonchev–Trinajstić information content (AvgIpc) is 2.72. The molecule has 1 nitrogen and oxygen atoms in total. The van der Waals surface area contributed by atoms with E-state index in [1.54, 1.807) is 0 Å². The fraction of sp³-hybridized carbons (Fsp3) is 0.286. The van der Waals surface area contributed by atoms with Gasteiger partial charge in [-0.05, 0) is 36.7 Å². The summed E-state index contributed by atoms with van der Waals surface area (Å²) in [5.41, 5.74) is 1.90. The van der Waals surface area contributed by atoms with Gasteiger partial charge in [-0.25, -0.2) is 0 Å². The normalized spacial score (nSPS) is 12.7. The zero-order chi connectivity index (χ0) is 14.7. The van der Waals surface area contributed by atoms with E-state index < -0.39 is 0 Å². The summed E-state index contributed by atoms with van der Waals surface area (Å²) in [5.74, 6) is 0. The van der Waals surface area contributed by atoms with Gasteiger partial charge in [-0.1, -0.05) is 59.4 Å². The Morgan fingerprint density at radius 2 is 1.80 bits per heavy atom. The first-order valence-corrected chi connectivity index (χ1v) is 8.46. The Bertz CT molecular complexity index is 577. The lowest BCUT2D eigenvalue weighted by molar-refractivity contribution is 0.551. The van der Waals surface area contributed by atoms with Crippen LogP contribution in [0, 0.1) is 0 Å². The molecule has 0 spiro atoms. The van der Waals surface area contributed by atoms with Crippen LogP contribution < -0.4 is 5.32 Å². The van der Waals surface area contributed by atoms with E-state index in [1.165, 1.54) is 11.3 Å². The molecule has 1 atom stereocenters. The highest BCUT2D eigenvalue weighted by atomic mass is 35.5. The highest BCUT2D eigenvalue weighted by Gasteiger charge is 2.19. The summed E-state index contributed by atoms with van der Waals surface area (Å²) in [6, 6.07) is 7.45. The van der Waals surface area contributed by atoms with Crippen LogP contribution in [0.1, 0.15) is 24.1 Å². The van der Waals surface area contributed by atoms with Gasteiger partial charge in [-0.3, -0.25) is 0 Å². The van der Waals surface area contributed by atoms with E-state index in [9.17, 15) is 0 Å². The van der Waals surface area contributed by atoms with Gasteiger partial charge in [0.25, 0.3) is 0 Å². The molecular formula is C14H13Cl4NS. The van der Waals surface area contributed by atoms with Crippen molar-refractivity contribution in [2.45, 2.75) is 19.4 Å².